The molecule has 0 radical (unpaired) electrons. The molecule has 8 heteroatoms. The highest BCUT2D eigenvalue weighted by Crippen LogP contribution is 2.42. The molecule has 3 aromatic carbocycles. The van der Waals surface area contributed by atoms with Crippen LogP contribution in [0, 0.1) is 0 Å². The second-order valence-electron chi connectivity index (χ2n) is 9.26. The van der Waals surface area contributed by atoms with E-state index in [0.717, 1.165) is 39.8 Å². The van der Waals surface area contributed by atoms with Crippen LogP contribution in [0.25, 0.3) is 33.5 Å². The van der Waals surface area contributed by atoms with Crippen LogP contribution in [-0.4, -0.2) is 30.6 Å². The van der Waals surface area contributed by atoms with Crippen molar-refractivity contribution in [1.29, 1.82) is 0 Å². The van der Waals surface area contributed by atoms with Crippen LogP contribution < -0.4 is 21.1 Å². The van der Waals surface area contributed by atoms with Crippen molar-refractivity contribution in [3.63, 3.8) is 0 Å². The predicted molar refractivity (Wildman–Crippen MR) is 154 cm³/mol. The molecule has 0 unspecified atom stereocenters. The van der Waals surface area contributed by atoms with E-state index in [9.17, 15) is 4.79 Å². The van der Waals surface area contributed by atoms with Crippen LogP contribution >= 0.6 is 23.2 Å². The van der Waals surface area contributed by atoms with Gasteiger partial charge in [-0.1, -0.05) is 77.8 Å². The van der Waals surface area contributed by atoms with Gasteiger partial charge in [0.2, 0.25) is 11.8 Å². The molecule has 1 aliphatic rings. The Hall–Kier alpha value is -3.58. The zero-order valence-corrected chi connectivity index (χ0v) is 22.4. The lowest BCUT2D eigenvalue weighted by molar-refractivity contribution is -0.119. The van der Waals surface area contributed by atoms with E-state index >= 15 is 0 Å². The Morgan fingerprint density at radius 1 is 0.947 bits per heavy atom. The van der Waals surface area contributed by atoms with Crippen molar-refractivity contribution in [3.05, 3.63) is 88.4 Å². The molecule has 1 aliphatic heterocycles. The smallest absolute Gasteiger partial charge is 0.220 e. The summed E-state index contributed by atoms with van der Waals surface area (Å²) >= 11 is 13.9. The minimum atomic E-state index is 0.109. The van der Waals surface area contributed by atoms with Crippen molar-refractivity contribution in [3.8, 4) is 39.4 Å². The fourth-order valence-corrected chi connectivity index (χ4v) is 5.37. The number of nitrogens with one attached hydrogen (secondary N) is 2. The van der Waals surface area contributed by atoms with Crippen LogP contribution in [0.15, 0.2) is 72.8 Å². The molecule has 1 fully saturated rings. The van der Waals surface area contributed by atoms with E-state index in [1.807, 2.05) is 72.8 Å². The lowest BCUT2D eigenvalue weighted by Crippen LogP contribution is -2.35. The van der Waals surface area contributed by atoms with E-state index in [1.54, 1.807) is 7.11 Å². The number of carbonyl (C=O) groups excluding carboxylic acids is 1. The minimum absolute atomic E-state index is 0.109. The first kappa shape index (κ1) is 26.0. The fraction of sp³-hybridized carbons (Fsp3) is 0.200. The van der Waals surface area contributed by atoms with Crippen molar-refractivity contribution in [2.45, 2.75) is 25.4 Å². The number of hydrogen-bond acceptors (Lipinski definition) is 5. The maximum absolute atomic E-state index is 11.4. The summed E-state index contributed by atoms with van der Waals surface area (Å²) in [6.07, 6.45) is 1.44. The van der Waals surface area contributed by atoms with Crippen LogP contribution in [0.2, 0.25) is 10.0 Å². The van der Waals surface area contributed by atoms with Crippen LogP contribution in [0.3, 0.4) is 0 Å². The monoisotopic (exact) mass is 546 g/mol. The molecule has 1 amide bonds. The van der Waals surface area contributed by atoms with Gasteiger partial charge in [-0.3, -0.25) is 4.79 Å². The first-order chi connectivity index (χ1) is 18.4. The summed E-state index contributed by atoms with van der Waals surface area (Å²) in [7, 11) is 1.60. The molecule has 1 aromatic heterocycles. The maximum Gasteiger partial charge on any atom is 0.220 e. The summed E-state index contributed by atoms with van der Waals surface area (Å²) < 4.78 is 5.60. The number of methoxy groups -OCH3 is 1. The highest BCUT2D eigenvalue weighted by atomic mass is 35.5. The number of carbonyl (C=O) groups is 1. The van der Waals surface area contributed by atoms with Crippen molar-refractivity contribution >= 4 is 34.8 Å². The first-order valence-corrected chi connectivity index (χ1v) is 13.2. The number of ether oxygens (including phenoxy) is 1. The fourth-order valence-electron chi connectivity index (χ4n) is 4.71. The molecular weight excluding hydrogens is 519 g/mol. The van der Waals surface area contributed by atoms with Gasteiger partial charge in [0, 0.05) is 59.1 Å². The molecule has 4 aromatic rings. The van der Waals surface area contributed by atoms with Crippen LogP contribution in [0.5, 0.6) is 5.88 Å². The molecule has 0 saturated carbocycles. The predicted octanol–water partition coefficient (Wildman–Crippen LogP) is 6.35. The Bertz CT molecular complexity index is 1470. The van der Waals surface area contributed by atoms with E-state index in [0.29, 0.717) is 46.8 Å². The van der Waals surface area contributed by atoms with Crippen molar-refractivity contribution < 1.29 is 9.53 Å². The lowest BCUT2D eigenvalue weighted by atomic mass is 9.96. The Morgan fingerprint density at radius 2 is 1.61 bits per heavy atom. The Balaban J connectivity index is 1.42. The van der Waals surface area contributed by atoms with Crippen LogP contribution in [0.4, 0.5) is 5.69 Å². The summed E-state index contributed by atoms with van der Waals surface area (Å²) in [6.45, 7) is 1.27. The summed E-state index contributed by atoms with van der Waals surface area (Å²) in [5, 5.41) is 7.52. The van der Waals surface area contributed by atoms with Crippen molar-refractivity contribution in [2.24, 2.45) is 0 Å². The molecule has 1 saturated heterocycles. The van der Waals surface area contributed by atoms with Crippen molar-refractivity contribution in [2.75, 3.05) is 19.4 Å². The molecule has 38 heavy (non-hydrogen) atoms. The molecular formula is C30H28Cl2N4O2. The normalized spacial score (nSPS) is 14.9. The van der Waals surface area contributed by atoms with Crippen LogP contribution in [-0.2, 0) is 11.3 Å². The Kier molecular flexibility index (Phi) is 7.84. The van der Waals surface area contributed by atoms with E-state index < -0.39 is 0 Å². The summed E-state index contributed by atoms with van der Waals surface area (Å²) in [4.78, 5) is 16.2. The zero-order chi connectivity index (χ0) is 26.6. The summed E-state index contributed by atoms with van der Waals surface area (Å²) in [6, 6.07) is 23.5. The SMILES string of the molecule is COc1nc(-c2cccc(-c3cccc(-c4ccc(N)cc4)c3Cl)c2Cl)ccc1CNC[C@@H]1CCC(=O)N1. The average Bonchev–Trinajstić information content (AvgIpc) is 3.35. The molecule has 0 bridgehead atoms. The number of halogens is 2. The average molecular weight is 547 g/mol. The number of nitrogens with zero attached hydrogens (tertiary/aromatic N) is 1. The summed E-state index contributed by atoms with van der Waals surface area (Å²) in [5.74, 6) is 0.632. The number of rotatable bonds is 8. The van der Waals surface area contributed by atoms with Gasteiger partial charge in [0.25, 0.3) is 0 Å². The van der Waals surface area contributed by atoms with Crippen LogP contribution in [0.1, 0.15) is 18.4 Å². The first-order valence-electron chi connectivity index (χ1n) is 12.4. The molecule has 194 valence electrons. The van der Waals surface area contributed by atoms with Gasteiger partial charge in [0.1, 0.15) is 0 Å². The topological polar surface area (TPSA) is 89.3 Å². The van der Waals surface area contributed by atoms with Gasteiger partial charge in [0.05, 0.1) is 22.8 Å². The third-order valence-corrected chi connectivity index (χ3v) is 7.52. The second-order valence-corrected chi connectivity index (χ2v) is 10.0. The number of nitrogens with two attached hydrogens (primary N) is 1. The minimum Gasteiger partial charge on any atom is -0.481 e. The van der Waals surface area contributed by atoms with Gasteiger partial charge in [-0.25, -0.2) is 4.98 Å². The van der Waals surface area contributed by atoms with Gasteiger partial charge < -0.3 is 21.1 Å². The van der Waals surface area contributed by atoms with Crippen molar-refractivity contribution in [1.82, 2.24) is 15.6 Å². The number of hydrogen-bond donors (Lipinski definition) is 3. The number of amides is 1. The zero-order valence-electron chi connectivity index (χ0n) is 20.9. The Labute approximate surface area is 232 Å². The van der Waals surface area contributed by atoms with E-state index in [-0.39, 0.29) is 11.9 Å². The third kappa shape index (κ3) is 5.48. The quantitative estimate of drug-likeness (QED) is 0.224. The number of nitrogen functional groups attached to an aromatic ring is 1. The molecule has 1 atom stereocenters. The molecule has 2 heterocycles. The highest BCUT2D eigenvalue weighted by molar-refractivity contribution is 6.39. The number of pyridine rings is 1. The molecule has 4 N–H and O–H groups in total. The Morgan fingerprint density at radius 3 is 2.26 bits per heavy atom. The molecule has 5 rings (SSSR count). The van der Waals surface area contributed by atoms with E-state index in [2.05, 4.69) is 10.6 Å². The van der Waals surface area contributed by atoms with Gasteiger partial charge in [-0.2, -0.15) is 0 Å². The van der Waals surface area contributed by atoms with Gasteiger partial charge >= 0.3 is 0 Å². The third-order valence-electron chi connectivity index (χ3n) is 6.71. The number of anilines is 1. The molecule has 0 aliphatic carbocycles. The standard InChI is InChI=1S/C30H28Cl2N4O2/c1-38-30-19(16-34-17-21-13-15-27(37)35-21)10-14-26(36-30)25-7-3-6-24(29(25)32)23-5-2-4-22(28(23)31)18-8-11-20(33)12-9-18/h2-12,14,21,34H,13,15-17,33H2,1H3,(H,35,37)/t21-/m0/s1. The van der Waals surface area contributed by atoms with E-state index in [4.69, 9.17) is 38.7 Å². The number of benzene rings is 3. The molecule has 0 spiro atoms. The van der Waals surface area contributed by atoms with Gasteiger partial charge in [-0.15, -0.1) is 0 Å². The second kappa shape index (κ2) is 11.4. The van der Waals surface area contributed by atoms with Gasteiger partial charge in [0.15, 0.2) is 0 Å². The largest absolute Gasteiger partial charge is 0.481 e. The molecule has 6 nitrogen and oxygen atoms in total. The number of aromatic nitrogens is 1. The van der Waals surface area contributed by atoms with Gasteiger partial charge in [-0.05, 0) is 30.2 Å². The van der Waals surface area contributed by atoms with E-state index in [1.165, 1.54) is 0 Å². The lowest BCUT2D eigenvalue weighted by Gasteiger charge is -2.15. The summed E-state index contributed by atoms with van der Waals surface area (Å²) in [5.41, 5.74) is 12.5. The maximum atomic E-state index is 11.4. The highest BCUT2D eigenvalue weighted by Gasteiger charge is 2.20.